The molecule has 5 nitrogen and oxygen atoms in total. The van der Waals surface area contributed by atoms with Gasteiger partial charge in [0.2, 0.25) is 0 Å². The number of imidazole rings is 1. The number of carbonyl (C=O) groups excluding carboxylic acids is 1. The summed E-state index contributed by atoms with van der Waals surface area (Å²) in [5.41, 5.74) is 0.996. The van der Waals surface area contributed by atoms with Crippen molar-refractivity contribution in [1.82, 2.24) is 19.6 Å². The molecule has 1 N–H and O–H groups in total. The Kier molecular flexibility index (Phi) is 4.09. The van der Waals surface area contributed by atoms with Gasteiger partial charge in [-0.2, -0.15) is 0 Å². The third kappa shape index (κ3) is 3.07. The number of hydrogen-bond donors (Lipinski definition) is 1. The highest BCUT2D eigenvalue weighted by atomic mass is 79.9. The van der Waals surface area contributed by atoms with Crippen LogP contribution in [0.15, 0.2) is 29.0 Å². The molecule has 0 atom stereocenters. The van der Waals surface area contributed by atoms with Crippen molar-refractivity contribution in [3.8, 4) is 0 Å². The number of amides is 2. The molecule has 0 unspecified atom stereocenters. The predicted molar refractivity (Wildman–Crippen MR) is 78.0 cm³/mol. The normalized spacial score (nSPS) is 11.0. The molecule has 6 heteroatoms. The maximum atomic E-state index is 11.9. The van der Waals surface area contributed by atoms with Gasteiger partial charge >= 0.3 is 6.03 Å². The number of hydrogen-bond acceptors (Lipinski definition) is 2. The zero-order chi connectivity index (χ0) is 14.0. The fourth-order valence-electron chi connectivity index (χ4n) is 1.81. The van der Waals surface area contributed by atoms with Crippen LogP contribution in [0.25, 0.3) is 5.52 Å². The number of urea groups is 1. The third-order valence-corrected chi connectivity index (χ3v) is 3.30. The summed E-state index contributed by atoms with van der Waals surface area (Å²) >= 11 is 3.43. The minimum absolute atomic E-state index is 0.0983. The van der Waals surface area contributed by atoms with Crippen LogP contribution >= 0.6 is 15.9 Å². The maximum absolute atomic E-state index is 11.9. The molecular weight excluding hydrogens is 308 g/mol. The van der Waals surface area contributed by atoms with Crippen LogP contribution in [0.3, 0.4) is 0 Å². The molecule has 102 valence electrons. The average molecular weight is 325 g/mol. The van der Waals surface area contributed by atoms with Gasteiger partial charge in [-0.3, -0.25) is 0 Å². The third-order valence-electron chi connectivity index (χ3n) is 2.71. The first-order valence-electron chi connectivity index (χ1n) is 6.12. The fourth-order valence-corrected chi connectivity index (χ4v) is 2.34. The fraction of sp³-hybridized carbons (Fsp3) is 0.385. The molecule has 0 fully saturated rings. The van der Waals surface area contributed by atoms with Crippen LogP contribution in [0.2, 0.25) is 0 Å². The molecule has 2 aromatic heterocycles. The Morgan fingerprint density at radius 1 is 1.53 bits per heavy atom. The van der Waals surface area contributed by atoms with E-state index in [1.807, 2.05) is 42.6 Å². The number of carbonyl (C=O) groups is 1. The van der Waals surface area contributed by atoms with E-state index in [2.05, 4.69) is 26.2 Å². The topological polar surface area (TPSA) is 49.6 Å². The summed E-state index contributed by atoms with van der Waals surface area (Å²) in [6.45, 7) is 4.33. The molecule has 2 aromatic rings. The van der Waals surface area contributed by atoms with E-state index in [9.17, 15) is 4.79 Å². The van der Waals surface area contributed by atoms with Crippen molar-refractivity contribution in [3.63, 3.8) is 0 Å². The summed E-state index contributed by atoms with van der Waals surface area (Å²) in [5.74, 6) is 0.823. The van der Waals surface area contributed by atoms with Gasteiger partial charge in [0.25, 0.3) is 0 Å². The summed E-state index contributed by atoms with van der Waals surface area (Å²) < 4.78 is 2.77. The molecule has 2 amide bonds. The van der Waals surface area contributed by atoms with Crippen molar-refractivity contribution in [1.29, 1.82) is 0 Å². The number of fused-ring (bicyclic) bond motifs is 1. The molecule has 0 radical (unpaired) electrons. The summed E-state index contributed by atoms with van der Waals surface area (Å²) in [7, 11) is 1.76. The molecular formula is C13H17BrN4O. The number of nitrogens with zero attached hydrogens (tertiary/aromatic N) is 3. The molecule has 2 heterocycles. The van der Waals surface area contributed by atoms with Crippen molar-refractivity contribution in [2.24, 2.45) is 0 Å². The van der Waals surface area contributed by atoms with Crippen molar-refractivity contribution in [2.45, 2.75) is 26.4 Å². The average Bonchev–Trinajstić information content (AvgIpc) is 2.66. The zero-order valence-corrected chi connectivity index (χ0v) is 12.8. The molecule has 0 aromatic carbocycles. The van der Waals surface area contributed by atoms with Crippen LogP contribution in [0.1, 0.15) is 19.7 Å². The first-order valence-corrected chi connectivity index (χ1v) is 6.91. The van der Waals surface area contributed by atoms with Crippen LogP contribution in [-0.4, -0.2) is 33.4 Å². The Morgan fingerprint density at radius 2 is 2.26 bits per heavy atom. The highest BCUT2D eigenvalue weighted by molar-refractivity contribution is 9.10. The van der Waals surface area contributed by atoms with E-state index in [1.54, 1.807) is 11.9 Å². The lowest BCUT2D eigenvalue weighted by Gasteiger charge is -2.18. The molecule has 0 aliphatic heterocycles. The van der Waals surface area contributed by atoms with Gasteiger partial charge in [-0.25, -0.2) is 9.78 Å². The van der Waals surface area contributed by atoms with E-state index in [-0.39, 0.29) is 12.1 Å². The lowest BCUT2D eigenvalue weighted by Crippen LogP contribution is -2.40. The molecule has 0 saturated heterocycles. The van der Waals surface area contributed by atoms with Crippen LogP contribution < -0.4 is 5.32 Å². The molecule has 0 aliphatic carbocycles. The number of aromatic nitrogens is 2. The number of pyridine rings is 1. The van der Waals surface area contributed by atoms with E-state index in [4.69, 9.17) is 0 Å². The van der Waals surface area contributed by atoms with Crippen molar-refractivity contribution >= 4 is 27.5 Å². The van der Waals surface area contributed by atoms with Gasteiger partial charge in [0.1, 0.15) is 10.4 Å². The van der Waals surface area contributed by atoms with Crippen LogP contribution in [0.5, 0.6) is 0 Å². The molecule has 2 rings (SSSR count). The van der Waals surface area contributed by atoms with E-state index < -0.39 is 0 Å². The Labute approximate surface area is 120 Å². The quantitative estimate of drug-likeness (QED) is 0.943. The SMILES string of the molecule is CC(C)NC(=O)N(C)Cc1nc(Br)c2ccccn12. The predicted octanol–water partition coefficient (Wildman–Crippen LogP) is 2.65. The highest BCUT2D eigenvalue weighted by Crippen LogP contribution is 2.19. The number of nitrogens with one attached hydrogen (secondary N) is 1. The first-order chi connectivity index (χ1) is 8.99. The van der Waals surface area contributed by atoms with Crippen LogP contribution in [0, 0.1) is 0 Å². The van der Waals surface area contributed by atoms with E-state index in [0.717, 1.165) is 15.9 Å². The minimum Gasteiger partial charge on any atom is -0.336 e. The van der Waals surface area contributed by atoms with Crippen molar-refractivity contribution in [3.05, 3.63) is 34.8 Å². The molecule has 0 spiro atoms. The molecule has 0 saturated carbocycles. The molecule has 0 bridgehead atoms. The first kappa shape index (κ1) is 13.9. The second-order valence-corrected chi connectivity index (χ2v) is 5.49. The number of halogens is 1. The lowest BCUT2D eigenvalue weighted by atomic mass is 10.4. The van der Waals surface area contributed by atoms with Gasteiger partial charge < -0.3 is 14.6 Å². The van der Waals surface area contributed by atoms with Gasteiger partial charge in [-0.15, -0.1) is 0 Å². The largest absolute Gasteiger partial charge is 0.336 e. The summed E-state index contributed by atoms with van der Waals surface area (Å²) in [6, 6.07) is 5.91. The number of rotatable bonds is 3. The Bertz CT molecular complexity index is 593. The lowest BCUT2D eigenvalue weighted by molar-refractivity contribution is 0.203. The Morgan fingerprint density at radius 3 is 2.95 bits per heavy atom. The smallest absolute Gasteiger partial charge is 0.317 e. The second-order valence-electron chi connectivity index (χ2n) is 4.73. The maximum Gasteiger partial charge on any atom is 0.317 e. The Hall–Kier alpha value is -1.56. The van der Waals surface area contributed by atoms with E-state index in [0.29, 0.717) is 6.54 Å². The molecule has 0 aliphatic rings. The summed E-state index contributed by atoms with van der Waals surface area (Å²) in [6.07, 6.45) is 1.94. The standard InChI is InChI=1S/C13H17BrN4O/c1-9(2)15-13(19)17(3)8-11-16-12(14)10-6-4-5-7-18(10)11/h4-7,9H,8H2,1-3H3,(H,15,19). The van der Waals surface area contributed by atoms with Gasteiger partial charge in [-0.05, 0) is 41.9 Å². The van der Waals surface area contributed by atoms with Crippen LogP contribution in [-0.2, 0) is 6.54 Å². The van der Waals surface area contributed by atoms with Crippen molar-refractivity contribution in [2.75, 3.05) is 7.05 Å². The minimum atomic E-state index is -0.0983. The summed E-state index contributed by atoms with van der Waals surface area (Å²) in [4.78, 5) is 17.9. The monoisotopic (exact) mass is 324 g/mol. The highest BCUT2D eigenvalue weighted by Gasteiger charge is 2.14. The summed E-state index contributed by atoms with van der Waals surface area (Å²) in [5, 5.41) is 2.86. The van der Waals surface area contributed by atoms with E-state index >= 15 is 0 Å². The van der Waals surface area contributed by atoms with Crippen LogP contribution in [0.4, 0.5) is 4.79 Å². The second kappa shape index (κ2) is 5.61. The Balaban J connectivity index is 2.19. The zero-order valence-electron chi connectivity index (χ0n) is 11.2. The van der Waals surface area contributed by atoms with Gasteiger partial charge in [0.15, 0.2) is 0 Å². The molecule has 19 heavy (non-hydrogen) atoms. The van der Waals surface area contributed by atoms with Gasteiger partial charge in [0, 0.05) is 19.3 Å². The van der Waals surface area contributed by atoms with Crippen molar-refractivity contribution < 1.29 is 4.79 Å². The van der Waals surface area contributed by atoms with Gasteiger partial charge in [-0.1, -0.05) is 6.07 Å². The van der Waals surface area contributed by atoms with Gasteiger partial charge in [0.05, 0.1) is 12.1 Å². The van der Waals surface area contributed by atoms with E-state index in [1.165, 1.54) is 0 Å².